The van der Waals surface area contributed by atoms with Gasteiger partial charge in [-0.15, -0.1) is 0 Å². The molecule has 0 aliphatic heterocycles. The lowest BCUT2D eigenvalue weighted by molar-refractivity contribution is 0.104. The maximum Gasteiger partial charge on any atom is 0.326 e. The van der Waals surface area contributed by atoms with E-state index in [1.807, 2.05) is 4.98 Å². The highest BCUT2D eigenvalue weighted by atomic mass is 16.2. The lowest BCUT2D eigenvalue weighted by atomic mass is 10.2. The Morgan fingerprint density at radius 1 is 1.38 bits per heavy atom. The van der Waals surface area contributed by atoms with Crippen LogP contribution in [0.5, 0.6) is 0 Å². The molecule has 1 heterocycles. The first kappa shape index (κ1) is 9.18. The Morgan fingerprint density at radius 3 is 2.54 bits per heavy atom. The van der Waals surface area contributed by atoms with E-state index in [1.54, 1.807) is 0 Å². The van der Waals surface area contributed by atoms with Crippen LogP contribution in [0.2, 0.25) is 0 Å². The topological polar surface area (TPSA) is 82.8 Å². The lowest BCUT2D eigenvalue weighted by Crippen LogP contribution is -2.27. The Morgan fingerprint density at radius 2 is 2.00 bits per heavy atom. The number of rotatable bonds is 2. The number of carbonyl (C=O) groups excluding carboxylic acids is 1. The van der Waals surface area contributed by atoms with Gasteiger partial charge in [-0.2, -0.15) is 0 Å². The Hall–Kier alpha value is -1.91. The van der Waals surface area contributed by atoms with E-state index in [0.717, 1.165) is 6.08 Å². The molecule has 1 rings (SSSR count). The van der Waals surface area contributed by atoms with Gasteiger partial charge in [0, 0.05) is 5.56 Å². The van der Waals surface area contributed by atoms with Crippen LogP contribution in [0.15, 0.2) is 22.2 Å². The average molecular weight is 180 g/mol. The molecule has 5 heteroatoms. The molecule has 0 amide bonds. The summed E-state index contributed by atoms with van der Waals surface area (Å²) in [6.07, 6.45) is 1.04. The molecular weight excluding hydrogens is 172 g/mol. The van der Waals surface area contributed by atoms with Gasteiger partial charge < -0.3 is 4.98 Å². The molecular formula is C8H8N2O3. The van der Waals surface area contributed by atoms with E-state index in [1.165, 1.54) is 6.92 Å². The van der Waals surface area contributed by atoms with Crippen molar-refractivity contribution in [1.29, 1.82) is 0 Å². The molecule has 1 aromatic heterocycles. The third-order valence-corrected chi connectivity index (χ3v) is 1.61. The van der Waals surface area contributed by atoms with Crippen LogP contribution in [0.3, 0.4) is 0 Å². The summed E-state index contributed by atoms with van der Waals surface area (Å²) < 4.78 is 0. The fourth-order valence-electron chi connectivity index (χ4n) is 0.897. The highest BCUT2D eigenvalue weighted by Gasteiger charge is 2.09. The third-order valence-electron chi connectivity index (χ3n) is 1.61. The average Bonchev–Trinajstić information content (AvgIpc) is 2.10. The molecule has 68 valence electrons. The van der Waals surface area contributed by atoms with Crippen LogP contribution in [0.1, 0.15) is 16.1 Å². The van der Waals surface area contributed by atoms with E-state index < -0.39 is 17.0 Å². The zero-order chi connectivity index (χ0) is 10.0. The quantitative estimate of drug-likeness (QED) is 0.486. The number of H-pyrrole nitrogens is 2. The Kier molecular flexibility index (Phi) is 2.27. The number of carbonyl (C=O) groups is 1. The molecule has 0 bridgehead atoms. The van der Waals surface area contributed by atoms with Gasteiger partial charge in [0.05, 0.1) is 5.69 Å². The molecule has 5 nitrogen and oxygen atoms in total. The SMILES string of the molecule is C=CC(=O)c1[nH]c(=O)[nH]c(=O)c1C. The highest BCUT2D eigenvalue weighted by molar-refractivity contribution is 6.03. The number of allylic oxidation sites excluding steroid dienone is 1. The van der Waals surface area contributed by atoms with Gasteiger partial charge in [0.15, 0.2) is 0 Å². The van der Waals surface area contributed by atoms with Crippen molar-refractivity contribution < 1.29 is 4.79 Å². The van der Waals surface area contributed by atoms with Crippen molar-refractivity contribution in [1.82, 2.24) is 9.97 Å². The summed E-state index contributed by atoms with van der Waals surface area (Å²) in [4.78, 5) is 37.1. The van der Waals surface area contributed by atoms with Gasteiger partial charge in [0.2, 0.25) is 5.78 Å². The number of hydrogen-bond acceptors (Lipinski definition) is 3. The van der Waals surface area contributed by atoms with Gasteiger partial charge >= 0.3 is 5.69 Å². The minimum Gasteiger partial charge on any atom is -0.304 e. The predicted molar refractivity (Wildman–Crippen MR) is 46.9 cm³/mol. The summed E-state index contributed by atoms with van der Waals surface area (Å²) in [7, 11) is 0. The standard InChI is InChI=1S/C8H8N2O3/c1-3-5(11)6-4(2)7(12)10-8(13)9-6/h3H,1H2,2H3,(H2,9,10,12,13). The number of nitrogens with one attached hydrogen (secondary N) is 2. The van der Waals surface area contributed by atoms with Crippen LogP contribution in [-0.4, -0.2) is 15.8 Å². The molecule has 0 saturated heterocycles. The fourth-order valence-corrected chi connectivity index (χ4v) is 0.897. The molecule has 1 aromatic rings. The van der Waals surface area contributed by atoms with Crippen LogP contribution in [-0.2, 0) is 0 Å². The molecule has 0 aliphatic rings. The summed E-state index contributed by atoms with van der Waals surface area (Å²) in [6, 6.07) is 0. The Bertz CT molecular complexity index is 467. The van der Waals surface area contributed by atoms with Gasteiger partial charge in [-0.1, -0.05) is 6.58 Å². The van der Waals surface area contributed by atoms with Crippen LogP contribution in [0.25, 0.3) is 0 Å². The lowest BCUT2D eigenvalue weighted by Gasteiger charge is -1.98. The fraction of sp³-hybridized carbons (Fsp3) is 0.125. The van der Waals surface area contributed by atoms with Gasteiger partial charge in [0.1, 0.15) is 0 Å². The second kappa shape index (κ2) is 3.22. The van der Waals surface area contributed by atoms with E-state index in [4.69, 9.17) is 0 Å². The number of aromatic nitrogens is 2. The maximum atomic E-state index is 11.1. The van der Waals surface area contributed by atoms with Crippen molar-refractivity contribution in [2.45, 2.75) is 6.92 Å². The van der Waals surface area contributed by atoms with E-state index in [0.29, 0.717) is 0 Å². The minimum atomic E-state index is -0.694. The van der Waals surface area contributed by atoms with E-state index in [-0.39, 0.29) is 11.3 Å². The molecule has 0 spiro atoms. The second-order valence-electron chi connectivity index (χ2n) is 2.48. The van der Waals surface area contributed by atoms with E-state index in [9.17, 15) is 14.4 Å². The molecule has 0 unspecified atom stereocenters. The first-order valence-electron chi connectivity index (χ1n) is 3.56. The van der Waals surface area contributed by atoms with Gasteiger partial charge in [-0.3, -0.25) is 14.6 Å². The molecule has 13 heavy (non-hydrogen) atoms. The van der Waals surface area contributed by atoms with Crippen molar-refractivity contribution >= 4 is 5.78 Å². The molecule has 2 N–H and O–H groups in total. The number of aromatic amines is 2. The normalized spacial score (nSPS) is 9.62. The first-order valence-corrected chi connectivity index (χ1v) is 3.56. The van der Waals surface area contributed by atoms with Crippen molar-refractivity contribution in [2.24, 2.45) is 0 Å². The molecule has 0 radical (unpaired) electrons. The molecule has 0 fully saturated rings. The van der Waals surface area contributed by atoms with Crippen LogP contribution in [0.4, 0.5) is 0 Å². The summed E-state index contributed by atoms with van der Waals surface area (Å²) in [5.74, 6) is -0.472. The Balaban J connectivity index is 3.54. The van der Waals surface area contributed by atoms with Crippen molar-refractivity contribution in [3.8, 4) is 0 Å². The van der Waals surface area contributed by atoms with Crippen molar-refractivity contribution in [3.63, 3.8) is 0 Å². The zero-order valence-electron chi connectivity index (χ0n) is 7.01. The largest absolute Gasteiger partial charge is 0.326 e. The molecule has 0 saturated carbocycles. The van der Waals surface area contributed by atoms with Crippen molar-refractivity contribution in [2.75, 3.05) is 0 Å². The molecule has 0 aromatic carbocycles. The monoisotopic (exact) mass is 180 g/mol. The van der Waals surface area contributed by atoms with Gasteiger partial charge in [0.25, 0.3) is 5.56 Å². The minimum absolute atomic E-state index is 0.0104. The smallest absolute Gasteiger partial charge is 0.304 e. The molecule has 0 atom stereocenters. The zero-order valence-corrected chi connectivity index (χ0v) is 7.01. The van der Waals surface area contributed by atoms with Crippen LogP contribution >= 0.6 is 0 Å². The molecule has 0 aliphatic carbocycles. The van der Waals surface area contributed by atoms with Crippen LogP contribution in [0, 0.1) is 6.92 Å². The summed E-state index contributed by atoms with van der Waals surface area (Å²) in [5, 5.41) is 0. The van der Waals surface area contributed by atoms with Crippen LogP contribution < -0.4 is 11.2 Å². The highest BCUT2D eigenvalue weighted by Crippen LogP contribution is 1.96. The first-order chi connectivity index (χ1) is 6.06. The van der Waals surface area contributed by atoms with Gasteiger partial charge in [-0.05, 0) is 13.0 Å². The van der Waals surface area contributed by atoms with E-state index in [2.05, 4.69) is 11.6 Å². The van der Waals surface area contributed by atoms with Crippen molar-refractivity contribution in [3.05, 3.63) is 44.8 Å². The summed E-state index contributed by atoms with van der Waals surface area (Å²) in [5.41, 5.74) is -1.08. The van der Waals surface area contributed by atoms with Gasteiger partial charge in [-0.25, -0.2) is 4.79 Å². The second-order valence-corrected chi connectivity index (χ2v) is 2.48. The predicted octanol–water partition coefficient (Wildman–Crippen LogP) is -0.260. The summed E-state index contributed by atoms with van der Waals surface area (Å²) in [6.45, 7) is 4.70. The van der Waals surface area contributed by atoms with E-state index >= 15 is 0 Å². The third kappa shape index (κ3) is 1.64. The number of hydrogen-bond donors (Lipinski definition) is 2. The number of ketones is 1. The maximum absolute atomic E-state index is 11.1. The summed E-state index contributed by atoms with van der Waals surface area (Å²) >= 11 is 0. The Labute approximate surface area is 73.1 Å².